The van der Waals surface area contributed by atoms with Gasteiger partial charge in [0.15, 0.2) is 16.3 Å². The summed E-state index contributed by atoms with van der Waals surface area (Å²) in [5.74, 6) is 3.14. The summed E-state index contributed by atoms with van der Waals surface area (Å²) >= 11 is 1.28. The number of hydrogen-bond donors (Lipinski definition) is 0. The lowest BCUT2D eigenvalue weighted by molar-refractivity contribution is 0.0995. The first-order chi connectivity index (χ1) is 14.7. The van der Waals surface area contributed by atoms with Crippen molar-refractivity contribution >= 4 is 38.4 Å². The summed E-state index contributed by atoms with van der Waals surface area (Å²) in [6.07, 6.45) is 6.68. The van der Waals surface area contributed by atoms with Crippen LogP contribution in [-0.4, -0.2) is 23.7 Å². The number of terminal acetylenes is 1. The predicted octanol–water partition coefficient (Wildman–Crippen LogP) is 2.95. The molecule has 2 aromatic heterocycles. The molecule has 3 heterocycles. The Morgan fingerprint density at radius 2 is 1.97 bits per heavy atom. The van der Waals surface area contributed by atoms with Crippen LogP contribution in [0, 0.1) is 12.3 Å². The van der Waals surface area contributed by atoms with E-state index in [1.807, 2.05) is 12.1 Å². The van der Waals surface area contributed by atoms with Crippen LogP contribution in [0.3, 0.4) is 0 Å². The minimum atomic E-state index is -0.691. The predicted molar refractivity (Wildman–Crippen MR) is 112 cm³/mol. The molecule has 0 radical (unpaired) electrons. The van der Waals surface area contributed by atoms with Gasteiger partial charge in [0.25, 0.3) is 5.91 Å². The van der Waals surface area contributed by atoms with E-state index >= 15 is 0 Å². The number of para-hydroxylation sites is 1. The van der Waals surface area contributed by atoms with E-state index in [4.69, 9.17) is 20.3 Å². The number of ether oxygens (including phenoxy) is 2. The second-order valence-corrected chi connectivity index (χ2v) is 7.54. The quantitative estimate of drug-likeness (QED) is 0.468. The Hall–Kier alpha value is -3.83. The summed E-state index contributed by atoms with van der Waals surface area (Å²) in [5.41, 5.74) is 0.630. The topological polar surface area (TPSA) is 83.0 Å². The summed E-state index contributed by atoms with van der Waals surface area (Å²) in [7, 11) is 0. The lowest BCUT2D eigenvalue weighted by Gasteiger charge is -2.18. The molecule has 0 spiro atoms. The number of hydrogen-bond acceptors (Lipinski definition) is 6. The molecular formula is C22H14N2O5S. The van der Waals surface area contributed by atoms with Crippen molar-refractivity contribution in [2.45, 2.75) is 6.54 Å². The summed E-state index contributed by atoms with van der Waals surface area (Å²) in [5, 5.41) is 0.327. The van der Waals surface area contributed by atoms with E-state index in [1.165, 1.54) is 11.3 Å². The molecule has 0 bridgehead atoms. The number of rotatable bonds is 2. The van der Waals surface area contributed by atoms with Crippen LogP contribution in [0.1, 0.15) is 10.4 Å². The fourth-order valence-electron chi connectivity index (χ4n) is 3.31. The van der Waals surface area contributed by atoms with E-state index in [9.17, 15) is 9.59 Å². The lowest BCUT2D eigenvalue weighted by Crippen LogP contribution is -2.20. The molecule has 7 nitrogen and oxygen atoms in total. The third-order valence-electron chi connectivity index (χ3n) is 4.70. The maximum Gasteiger partial charge on any atom is 0.286 e. The number of aromatic nitrogens is 1. The van der Waals surface area contributed by atoms with Crippen molar-refractivity contribution < 1.29 is 18.7 Å². The molecule has 1 amide bonds. The highest BCUT2D eigenvalue weighted by molar-refractivity contribution is 7.16. The van der Waals surface area contributed by atoms with E-state index in [0.29, 0.717) is 40.5 Å². The fourth-order valence-corrected chi connectivity index (χ4v) is 4.35. The summed E-state index contributed by atoms with van der Waals surface area (Å²) in [6.45, 7) is 1.14. The maximum atomic E-state index is 12.8. The van der Waals surface area contributed by atoms with Gasteiger partial charge in [-0.25, -0.2) is 0 Å². The zero-order valence-corrected chi connectivity index (χ0v) is 16.4. The van der Waals surface area contributed by atoms with Crippen molar-refractivity contribution in [3.05, 3.63) is 63.2 Å². The van der Waals surface area contributed by atoms with Gasteiger partial charge in [-0.05, 0) is 12.1 Å². The zero-order valence-electron chi connectivity index (χ0n) is 15.6. The van der Waals surface area contributed by atoms with Gasteiger partial charge in [0.2, 0.25) is 5.43 Å². The molecule has 0 saturated heterocycles. The number of carbonyl (C=O) groups is 1. The molecule has 30 heavy (non-hydrogen) atoms. The normalized spacial score (nSPS) is 13.5. The SMILES string of the molecule is C#CCn1c(=NC(=O)c2coc3ccccc3c2=O)sc2cc3c(cc21)OCCO3. The van der Waals surface area contributed by atoms with Gasteiger partial charge in [0.05, 0.1) is 22.1 Å². The summed E-state index contributed by atoms with van der Waals surface area (Å²) in [4.78, 5) is 30.1. The molecule has 0 unspecified atom stereocenters. The Morgan fingerprint density at radius 1 is 1.20 bits per heavy atom. The highest BCUT2D eigenvalue weighted by Crippen LogP contribution is 2.35. The van der Waals surface area contributed by atoms with Crippen molar-refractivity contribution in [1.29, 1.82) is 0 Å². The number of nitrogens with zero attached hydrogens (tertiary/aromatic N) is 2. The summed E-state index contributed by atoms with van der Waals surface area (Å²) < 4.78 is 19.3. The molecule has 0 aliphatic carbocycles. The van der Waals surface area contributed by atoms with Gasteiger partial charge in [-0.2, -0.15) is 4.99 Å². The van der Waals surface area contributed by atoms with E-state index in [2.05, 4.69) is 10.9 Å². The molecule has 2 aromatic carbocycles. The minimum Gasteiger partial charge on any atom is -0.486 e. The summed E-state index contributed by atoms with van der Waals surface area (Å²) in [6, 6.07) is 10.4. The monoisotopic (exact) mass is 418 g/mol. The average molecular weight is 418 g/mol. The van der Waals surface area contributed by atoms with E-state index in [0.717, 1.165) is 16.5 Å². The second-order valence-electron chi connectivity index (χ2n) is 6.53. The van der Waals surface area contributed by atoms with Crippen molar-refractivity contribution in [3.8, 4) is 23.8 Å². The third-order valence-corrected chi connectivity index (χ3v) is 5.74. The highest BCUT2D eigenvalue weighted by Gasteiger charge is 2.18. The molecule has 0 saturated carbocycles. The molecule has 4 aromatic rings. The van der Waals surface area contributed by atoms with Gasteiger partial charge >= 0.3 is 0 Å². The zero-order chi connectivity index (χ0) is 20.7. The number of benzene rings is 2. The van der Waals surface area contributed by atoms with E-state index in [1.54, 1.807) is 28.8 Å². The first kappa shape index (κ1) is 18.2. The Labute approximate surface area is 173 Å². The van der Waals surface area contributed by atoms with Crippen LogP contribution >= 0.6 is 11.3 Å². The molecule has 0 fully saturated rings. The number of fused-ring (bicyclic) bond motifs is 3. The molecule has 148 valence electrons. The Balaban J connectivity index is 1.67. The molecular weight excluding hydrogens is 404 g/mol. The largest absolute Gasteiger partial charge is 0.486 e. The van der Waals surface area contributed by atoms with Gasteiger partial charge in [-0.15, -0.1) is 6.42 Å². The number of amides is 1. The van der Waals surface area contributed by atoms with Gasteiger partial charge in [-0.1, -0.05) is 29.4 Å². The van der Waals surface area contributed by atoms with Crippen LogP contribution in [-0.2, 0) is 6.54 Å². The Morgan fingerprint density at radius 3 is 2.77 bits per heavy atom. The number of carbonyl (C=O) groups excluding carboxylic acids is 1. The highest BCUT2D eigenvalue weighted by atomic mass is 32.1. The fraction of sp³-hybridized carbons (Fsp3) is 0.136. The van der Waals surface area contributed by atoms with Gasteiger partial charge in [0.1, 0.15) is 30.6 Å². The molecule has 0 atom stereocenters. The molecule has 1 aliphatic rings. The van der Waals surface area contributed by atoms with Gasteiger partial charge in [0, 0.05) is 12.1 Å². The average Bonchev–Trinajstić information content (AvgIpc) is 3.08. The maximum absolute atomic E-state index is 12.8. The first-order valence-electron chi connectivity index (χ1n) is 9.12. The molecule has 8 heteroatoms. The number of thiazole rings is 1. The molecule has 5 rings (SSSR count). The Kier molecular flexibility index (Phi) is 4.38. The molecule has 1 aliphatic heterocycles. The smallest absolute Gasteiger partial charge is 0.286 e. The van der Waals surface area contributed by atoms with Gasteiger partial charge < -0.3 is 18.5 Å². The molecule has 0 N–H and O–H groups in total. The lowest BCUT2D eigenvalue weighted by atomic mass is 10.2. The Bertz CT molecular complexity index is 1490. The van der Waals surface area contributed by atoms with Crippen molar-refractivity contribution in [1.82, 2.24) is 4.57 Å². The van der Waals surface area contributed by atoms with Crippen molar-refractivity contribution in [2.24, 2.45) is 4.99 Å². The van der Waals surface area contributed by atoms with Crippen LogP contribution in [0.5, 0.6) is 11.5 Å². The minimum absolute atomic E-state index is 0.135. The van der Waals surface area contributed by atoms with Crippen LogP contribution in [0.15, 0.2) is 56.9 Å². The van der Waals surface area contributed by atoms with Crippen molar-refractivity contribution in [3.63, 3.8) is 0 Å². The van der Waals surface area contributed by atoms with Crippen LogP contribution in [0.4, 0.5) is 0 Å². The van der Waals surface area contributed by atoms with Crippen LogP contribution in [0.2, 0.25) is 0 Å². The van der Waals surface area contributed by atoms with Crippen LogP contribution < -0.4 is 19.7 Å². The second kappa shape index (κ2) is 7.21. The first-order valence-corrected chi connectivity index (χ1v) is 9.93. The standard InChI is InChI=1S/C22H14N2O5S/c1-2-7-24-15-10-17-18(28-9-8-27-17)11-19(15)30-22(24)23-21(26)14-12-29-16-6-4-3-5-13(16)20(14)25/h1,3-6,10-12H,7-9H2. The van der Waals surface area contributed by atoms with Crippen molar-refractivity contribution in [2.75, 3.05) is 13.2 Å². The van der Waals surface area contributed by atoms with E-state index < -0.39 is 11.3 Å². The van der Waals surface area contributed by atoms with E-state index in [-0.39, 0.29) is 12.1 Å². The van der Waals surface area contributed by atoms with Gasteiger partial charge in [-0.3, -0.25) is 9.59 Å². The third kappa shape index (κ3) is 2.96. The van der Waals surface area contributed by atoms with Crippen LogP contribution in [0.25, 0.3) is 21.2 Å².